The summed E-state index contributed by atoms with van der Waals surface area (Å²) in [6.07, 6.45) is 4.70. The molecular formula is C12H24N2O2. The Labute approximate surface area is 98.0 Å². The van der Waals surface area contributed by atoms with Crippen molar-refractivity contribution in [2.24, 2.45) is 0 Å². The minimum absolute atomic E-state index is 0.295. The van der Waals surface area contributed by atoms with Crippen molar-refractivity contribution < 1.29 is 9.90 Å². The van der Waals surface area contributed by atoms with Crippen LogP contribution in [0.3, 0.4) is 0 Å². The molecule has 0 bridgehead atoms. The van der Waals surface area contributed by atoms with Crippen LogP contribution >= 0.6 is 0 Å². The highest BCUT2D eigenvalue weighted by atomic mass is 16.4. The van der Waals surface area contributed by atoms with Crippen LogP contribution in [-0.4, -0.2) is 48.2 Å². The van der Waals surface area contributed by atoms with E-state index < -0.39 is 5.97 Å². The van der Waals surface area contributed by atoms with Crippen molar-refractivity contribution in [1.29, 1.82) is 0 Å². The Bertz CT molecular complexity index is 203. The van der Waals surface area contributed by atoms with Crippen molar-refractivity contribution in [3.63, 3.8) is 0 Å². The Morgan fingerprint density at radius 1 is 1.38 bits per heavy atom. The summed E-state index contributed by atoms with van der Waals surface area (Å²) in [4.78, 5) is 12.8. The molecule has 94 valence electrons. The number of likely N-dealkylation sites (tertiary alicyclic amines) is 1. The molecular weight excluding hydrogens is 204 g/mol. The molecule has 1 atom stereocenters. The third-order valence-electron chi connectivity index (χ3n) is 3.20. The van der Waals surface area contributed by atoms with Gasteiger partial charge in [-0.2, -0.15) is 0 Å². The van der Waals surface area contributed by atoms with Gasteiger partial charge < -0.3 is 10.4 Å². The average Bonchev–Trinajstić information content (AvgIpc) is 2.75. The van der Waals surface area contributed by atoms with Crippen LogP contribution in [0.4, 0.5) is 0 Å². The molecule has 1 aliphatic rings. The van der Waals surface area contributed by atoms with E-state index >= 15 is 0 Å². The van der Waals surface area contributed by atoms with Gasteiger partial charge in [-0.1, -0.05) is 0 Å². The van der Waals surface area contributed by atoms with Gasteiger partial charge in [0.2, 0.25) is 0 Å². The molecule has 0 amide bonds. The number of carboxylic acid groups (broad SMARTS) is 1. The highest BCUT2D eigenvalue weighted by molar-refractivity contribution is 5.66. The number of aliphatic carboxylic acids is 1. The fraction of sp³-hybridized carbons (Fsp3) is 0.917. The molecule has 4 nitrogen and oxygen atoms in total. The third-order valence-corrected chi connectivity index (χ3v) is 3.20. The molecule has 0 radical (unpaired) electrons. The second-order valence-corrected chi connectivity index (χ2v) is 4.65. The Morgan fingerprint density at radius 3 is 2.69 bits per heavy atom. The Hall–Kier alpha value is -0.610. The van der Waals surface area contributed by atoms with Crippen LogP contribution in [0.25, 0.3) is 0 Å². The summed E-state index contributed by atoms with van der Waals surface area (Å²) in [7, 11) is 0. The van der Waals surface area contributed by atoms with E-state index in [9.17, 15) is 4.79 Å². The predicted molar refractivity (Wildman–Crippen MR) is 64.6 cm³/mol. The molecule has 2 N–H and O–H groups in total. The molecule has 1 saturated heterocycles. The lowest BCUT2D eigenvalue weighted by Crippen LogP contribution is -2.38. The van der Waals surface area contributed by atoms with Gasteiger partial charge >= 0.3 is 5.97 Å². The average molecular weight is 228 g/mol. The Kier molecular flexibility index (Phi) is 6.42. The zero-order valence-electron chi connectivity index (χ0n) is 10.2. The maximum absolute atomic E-state index is 10.3. The van der Waals surface area contributed by atoms with Gasteiger partial charge in [-0.15, -0.1) is 0 Å². The van der Waals surface area contributed by atoms with Crippen molar-refractivity contribution in [2.75, 3.05) is 26.2 Å². The van der Waals surface area contributed by atoms with Crippen molar-refractivity contribution in [2.45, 2.75) is 45.1 Å². The third kappa shape index (κ3) is 5.47. The van der Waals surface area contributed by atoms with Crippen LogP contribution in [-0.2, 0) is 4.79 Å². The molecule has 0 aromatic carbocycles. The normalized spacial score (nSPS) is 18.8. The van der Waals surface area contributed by atoms with E-state index in [1.165, 1.54) is 25.9 Å². The lowest BCUT2D eigenvalue weighted by molar-refractivity contribution is -0.137. The van der Waals surface area contributed by atoms with E-state index in [1.807, 2.05) is 0 Å². The summed E-state index contributed by atoms with van der Waals surface area (Å²) in [5, 5.41) is 11.9. The number of hydrogen-bond acceptors (Lipinski definition) is 3. The molecule has 0 aliphatic carbocycles. The van der Waals surface area contributed by atoms with E-state index in [4.69, 9.17) is 5.11 Å². The van der Waals surface area contributed by atoms with Gasteiger partial charge in [0.1, 0.15) is 0 Å². The van der Waals surface area contributed by atoms with E-state index in [1.54, 1.807) is 0 Å². The molecule has 16 heavy (non-hydrogen) atoms. The molecule has 4 heteroatoms. The smallest absolute Gasteiger partial charge is 0.303 e. The first-order valence-corrected chi connectivity index (χ1v) is 6.36. The van der Waals surface area contributed by atoms with Gasteiger partial charge in [-0.25, -0.2) is 0 Å². The number of carboxylic acids is 1. The largest absolute Gasteiger partial charge is 0.481 e. The molecule has 1 unspecified atom stereocenters. The summed E-state index contributed by atoms with van der Waals surface area (Å²) in [6.45, 7) is 6.69. The van der Waals surface area contributed by atoms with Crippen molar-refractivity contribution in [3.05, 3.63) is 0 Å². The summed E-state index contributed by atoms with van der Waals surface area (Å²) >= 11 is 0. The van der Waals surface area contributed by atoms with Crippen LogP contribution in [0.5, 0.6) is 0 Å². The summed E-state index contributed by atoms with van der Waals surface area (Å²) in [5.74, 6) is -0.689. The first kappa shape index (κ1) is 13.5. The zero-order chi connectivity index (χ0) is 11.8. The molecule has 0 spiro atoms. The second kappa shape index (κ2) is 7.63. The first-order chi connectivity index (χ1) is 7.70. The van der Waals surface area contributed by atoms with Crippen LogP contribution in [0.15, 0.2) is 0 Å². The van der Waals surface area contributed by atoms with Gasteiger partial charge in [0.15, 0.2) is 0 Å². The topological polar surface area (TPSA) is 52.6 Å². The minimum Gasteiger partial charge on any atom is -0.481 e. The van der Waals surface area contributed by atoms with Crippen LogP contribution in [0, 0.1) is 0 Å². The maximum atomic E-state index is 10.3. The summed E-state index contributed by atoms with van der Waals surface area (Å²) < 4.78 is 0. The number of hydrogen-bond donors (Lipinski definition) is 2. The molecule has 1 aliphatic heterocycles. The molecule has 0 saturated carbocycles. The number of carbonyl (C=O) groups is 1. The number of rotatable bonds is 8. The minimum atomic E-state index is -0.689. The lowest BCUT2D eigenvalue weighted by Gasteiger charge is -2.23. The first-order valence-electron chi connectivity index (χ1n) is 6.36. The van der Waals surface area contributed by atoms with Crippen LogP contribution in [0.2, 0.25) is 0 Å². The van der Waals surface area contributed by atoms with Gasteiger partial charge in [0, 0.05) is 19.0 Å². The van der Waals surface area contributed by atoms with E-state index in [-0.39, 0.29) is 0 Å². The van der Waals surface area contributed by atoms with E-state index in [2.05, 4.69) is 17.1 Å². The Morgan fingerprint density at radius 2 is 2.06 bits per heavy atom. The highest BCUT2D eigenvalue weighted by Crippen LogP contribution is 2.10. The van der Waals surface area contributed by atoms with Gasteiger partial charge in [-0.3, -0.25) is 9.69 Å². The van der Waals surface area contributed by atoms with Crippen molar-refractivity contribution >= 4 is 5.97 Å². The fourth-order valence-electron chi connectivity index (χ4n) is 2.15. The second-order valence-electron chi connectivity index (χ2n) is 4.65. The summed E-state index contributed by atoms with van der Waals surface area (Å²) in [6, 6.07) is 0.613. The van der Waals surface area contributed by atoms with E-state index in [0.29, 0.717) is 12.5 Å². The van der Waals surface area contributed by atoms with Gasteiger partial charge in [0.05, 0.1) is 0 Å². The quantitative estimate of drug-likeness (QED) is 0.615. The number of unbranched alkanes of at least 4 members (excludes halogenated alkanes) is 1. The lowest BCUT2D eigenvalue weighted by atomic mass is 10.2. The van der Waals surface area contributed by atoms with Crippen molar-refractivity contribution in [3.8, 4) is 0 Å². The van der Waals surface area contributed by atoms with Gasteiger partial charge in [-0.05, 0) is 52.2 Å². The molecule has 1 rings (SSSR count). The monoisotopic (exact) mass is 228 g/mol. The Balaban J connectivity index is 1.92. The summed E-state index contributed by atoms with van der Waals surface area (Å²) in [5.41, 5.74) is 0. The molecule has 1 heterocycles. The SMILES string of the molecule is CC(CNCCCCC(=O)O)N1CCCC1. The highest BCUT2D eigenvalue weighted by Gasteiger charge is 2.16. The van der Waals surface area contributed by atoms with Crippen LogP contribution in [0.1, 0.15) is 39.0 Å². The molecule has 1 fully saturated rings. The number of nitrogens with zero attached hydrogens (tertiary/aromatic N) is 1. The van der Waals surface area contributed by atoms with Crippen LogP contribution < -0.4 is 5.32 Å². The molecule has 0 aromatic heterocycles. The van der Waals surface area contributed by atoms with E-state index in [0.717, 1.165) is 25.9 Å². The molecule has 0 aromatic rings. The predicted octanol–water partition coefficient (Wildman–Crippen LogP) is 1.32. The van der Waals surface area contributed by atoms with Crippen molar-refractivity contribution in [1.82, 2.24) is 10.2 Å². The number of nitrogens with one attached hydrogen (secondary N) is 1. The van der Waals surface area contributed by atoms with Gasteiger partial charge in [0.25, 0.3) is 0 Å². The maximum Gasteiger partial charge on any atom is 0.303 e. The fourth-order valence-corrected chi connectivity index (χ4v) is 2.15. The standard InChI is InChI=1S/C12H24N2O2/c1-11(14-8-4-5-9-14)10-13-7-3-2-6-12(15)16/h11,13H,2-10H2,1H3,(H,15,16). The zero-order valence-corrected chi connectivity index (χ0v) is 10.2.